The first kappa shape index (κ1) is 25.7. The largest absolute Gasteiger partial charge is 0.451 e. The van der Waals surface area contributed by atoms with Crippen LogP contribution in [-0.2, 0) is 30.5 Å². The maximum Gasteiger partial charge on any atom is 0.451 e. The number of nitrogens with one attached hydrogen (secondary N) is 1. The fourth-order valence-electron chi connectivity index (χ4n) is 4.99. The van der Waals surface area contributed by atoms with E-state index in [1.165, 1.54) is 4.88 Å². The van der Waals surface area contributed by atoms with Crippen molar-refractivity contribution in [3.63, 3.8) is 0 Å². The molecule has 2 aliphatic rings. The quantitative estimate of drug-likeness (QED) is 0.484. The van der Waals surface area contributed by atoms with Gasteiger partial charge in [0.15, 0.2) is 5.82 Å². The zero-order valence-electron chi connectivity index (χ0n) is 21.2. The van der Waals surface area contributed by atoms with Gasteiger partial charge < -0.3 is 19.7 Å². The smallest absolute Gasteiger partial charge is 0.354 e. The third-order valence-electron chi connectivity index (χ3n) is 6.87. The summed E-state index contributed by atoms with van der Waals surface area (Å²) in [5, 5.41) is 11.5. The van der Waals surface area contributed by atoms with E-state index < -0.39 is 12.0 Å². The number of anilines is 2. The molecule has 3 aromatic heterocycles. The van der Waals surface area contributed by atoms with E-state index in [0.29, 0.717) is 37.3 Å². The minimum absolute atomic E-state index is 0.0151. The number of aryl methyl sites for hydroxylation is 1. The minimum atomic E-state index is -4.54. The number of amides is 1. The predicted octanol–water partition coefficient (Wildman–Crippen LogP) is 4.19. The molecule has 9 nitrogen and oxygen atoms in total. The number of hydrogen-bond acceptors (Lipinski definition) is 8. The van der Waals surface area contributed by atoms with E-state index in [0.717, 1.165) is 40.6 Å². The number of alkyl halides is 3. The highest BCUT2D eigenvalue weighted by Gasteiger charge is 2.40. The number of thiophene rings is 1. The van der Waals surface area contributed by atoms with Gasteiger partial charge in [-0.3, -0.25) is 4.79 Å². The molecule has 1 fully saturated rings. The molecule has 0 aliphatic carbocycles. The average Bonchev–Trinajstić information content (AvgIpc) is 3.58. The summed E-state index contributed by atoms with van der Waals surface area (Å²) in [6.45, 7) is 8.72. The van der Waals surface area contributed by atoms with E-state index in [1.807, 2.05) is 23.6 Å². The molecular weight excluding hydrogens is 505 g/mol. The second-order valence-corrected chi connectivity index (χ2v) is 11.2. The van der Waals surface area contributed by atoms with Gasteiger partial charge in [0.05, 0.1) is 11.9 Å². The first-order chi connectivity index (χ1) is 17.6. The van der Waals surface area contributed by atoms with Gasteiger partial charge in [-0.05, 0) is 24.8 Å². The highest BCUT2D eigenvalue weighted by Crippen LogP contribution is 2.35. The van der Waals surface area contributed by atoms with Gasteiger partial charge in [-0.15, -0.1) is 21.5 Å². The fourth-order valence-corrected chi connectivity index (χ4v) is 6.12. The van der Waals surface area contributed by atoms with E-state index in [2.05, 4.69) is 28.5 Å². The van der Waals surface area contributed by atoms with Crippen LogP contribution in [0, 0.1) is 11.8 Å². The van der Waals surface area contributed by atoms with Gasteiger partial charge in [0.25, 0.3) is 0 Å². The molecule has 13 heteroatoms. The van der Waals surface area contributed by atoms with E-state index in [9.17, 15) is 18.0 Å². The highest BCUT2D eigenvalue weighted by molar-refractivity contribution is 7.18. The van der Waals surface area contributed by atoms with E-state index in [4.69, 9.17) is 9.97 Å². The van der Waals surface area contributed by atoms with E-state index in [-0.39, 0.29) is 30.7 Å². The molecule has 0 radical (unpaired) electrons. The van der Waals surface area contributed by atoms with Gasteiger partial charge in [-0.25, -0.2) is 4.98 Å². The van der Waals surface area contributed by atoms with Crippen molar-refractivity contribution in [1.82, 2.24) is 29.6 Å². The summed E-state index contributed by atoms with van der Waals surface area (Å²) in [5.41, 5.74) is 0. The molecule has 1 atom stereocenters. The van der Waals surface area contributed by atoms with Crippen LogP contribution in [0.15, 0.2) is 6.07 Å². The zero-order valence-corrected chi connectivity index (χ0v) is 22.0. The van der Waals surface area contributed by atoms with Crippen LogP contribution in [0.1, 0.15) is 50.1 Å². The molecule has 0 bridgehead atoms. The maximum atomic E-state index is 13.3. The van der Waals surface area contributed by atoms with Crippen molar-refractivity contribution in [3.8, 4) is 0 Å². The Hall–Kier alpha value is -2.96. The van der Waals surface area contributed by atoms with Crippen LogP contribution in [0.5, 0.6) is 0 Å². The molecule has 5 heterocycles. The topological polar surface area (TPSA) is 92.1 Å². The first-order valence-electron chi connectivity index (χ1n) is 12.7. The second kappa shape index (κ2) is 10.1. The molecule has 2 aliphatic heterocycles. The molecule has 0 unspecified atom stereocenters. The van der Waals surface area contributed by atoms with Crippen molar-refractivity contribution in [3.05, 3.63) is 22.6 Å². The molecule has 0 spiro atoms. The van der Waals surface area contributed by atoms with Gasteiger partial charge in [0.2, 0.25) is 17.7 Å². The summed E-state index contributed by atoms with van der Waals surface area (Å²) >= 11 is 1.62. The predicted molar refractivity (Wildman–Crippen MR) is 135 cm³/mol. The molecular formula is C24H31F3N8OS. The summed E-state index contributed by atoms with van der Waals surface area (Å²) < 4.78 is 41.0. The third-order valence-corrected chi connectivity index (χ3v) is 7.96. The molecule has 1 saturated heterocycles. The molecule has 37 heavy (non-hydrogen) atoms. The van der Waals surface area contributed by atoms with Crippen LogP contribution in [0.4, 0.5) is 24.9 Å². The summed E-state index contributed by atoms with van der Waals surface area (Å²) in [6, 6.07) is 2.09. The van der Waals surface area contributed by atoms with Gasteiger partial charge in [0.1, 0.15) is 10.6 Å². The average molecular weight is 537 g/mol. The number of carbonyl (C=O) groups excluding carboxylic acids is 1. The van der Waals surface area contributed by atoms with E-state index in [1.54, 1.807) is 11.3 Å². The lowest BCUT2D eigenvalue weighted by molar-refractivity contribution is -0.147. The maximum absolute atomic E-state index is 13.3. The number of halogens is 3. The number of likely N-dealkylation sites (tertiary alicyclic amines) is 1. The van der Waals surface area contributed by atoms with Crippen molar-refractivity contribution >= 4 is 39.2 Å². The Morgan fingerprint density at radius 1 is 1.22 bits per heavy atom. The van der Waals surface area contributed by atoms with Gasteiger partial charge in [-0.2, -0.15) is 18.2 Å². The Morgan fingerprint density at radius 2 is 2.03 bits per heavy atom. The number of nitrogens with zero attached hydrogens (tertiary/aromatic N) is 7. The number of carbonyl (C=O) groups is 1. The van der Waals surface area contributed by atoms with E-state index >= 15 is 0 Å². The Morgan fingerprint density at radius 3 is 2.76 bits per heavy atom. The summed E-state index contributed by atoms with van der Waals surface area (Å²) in [5.74, 6) is 0.957. The molecule has 5 rings (SSSR count). The van der Waals surface area contributed by atoms with Crippen LogP contribution in [-0.4, -0.2) is 61.7 Å². The Bertz CT molecular complexity index is 1290. The lowest BCUT2D eigenvalue weighted by Crippen LogP contribution is -2.36. The Labute approximate surface area is 217 Å². The lowest BCUT2D eigenvalue weighted by atomic mass is 10.1. The molecule has 1 amide bonds. The Balaban J connectivity index is 1.38. The lowest BCUT2D eigenvalue weighted by Gasteiger charge is -2.29. The van der Waals surface area contributed by atoms with Gasteiger partial charge in [0, 0.05) is 43.5 Å². The molecule has 200 valence electrons. The van der Waals surface area contributed by atoms with Crippen LogP contribution in [0.3, 0.4) is 0 Å². The first-order valence-corrected chi connectivity index (χ1v) is 13.5. The number of rotatable bonds is 7. The van der Waals surface area contributed by atoms with Crippen LogP contribution < -0.4 is 10.2 Å². The number of aromatic nitrogens is 5. The zero-order chi connectivity index (χ0) is 26.3. The normalized spacial score (nSPS) is 18.2. The van der Waals surface area contributed by atoms with Gasteiger partial charge >= 0.3 is 6.18 Å². The number of hydrogen-bond donors (Lipinski definition) is 1. The van der Waals surface area contributed by atoms with Crippen molar-refractivity contribution in [1.29, 1.82) is 0 Å². The fraction of sp³-hybridized carbons (Fsp3) is 0.625. The summed E-state index contributed by atoms with van der Waals surface area (Å²) in [6.07, 6.45) is -1.69. The molecule has 0 saturated carbocycles. The molecule has 0 aromatic carbocycles. The van der Waals surface area contributed by atoms with Crippen LogP contribution in [0.2, 0.25) is 0 Å². The third kappa shape index (κ3) is 5.23. The second-order valence-electron chi connectivity index (χ2n) is 10.0. The SMILES string of the molecule is CCCc1cc2c(N3CCn4c(nnc4C(F)(F)F)C3)nc(NC[C@H]3CCN(C(=O)C(C)C)C3)nc2s1. The van der Waals surface area contributed by atoms with Crippen LogP contribution >= 0.6 is 11.3 Å². The summed E-state index contributed by atoms with van der Waals surface area (Å²) in [4.78, 5) is 27.8. The summed E-state index contributed by atoms with van der Waals surface area (Å²) in [7, 11) is 0. The minimum Gasteiger partial charge on any atom is -0.354 e. The standard InChI is InChI=1S/C24H31F3N8OS/c1-4-5-16-10-17-19(33-8-9-35-18(13-33)31-32-22(35)24(25,26)27)29-23(30-20(17)37-16)28-11-15-6-7-34(12-15)21(36)14(2)3/h10,14-15H,4-9,11-13H2,1-3H3,(H,28,29,30)/t15-/m1/s1. The van der Waals surface area contributed by atoms with Gasteiger partial charge in [-0.1, -0.05) is 27.2 Å². The highest BCUT2D eigenvalue weighted by atomic mass is 32.1. The van der Waals surface area contributed by atoms with Crippen molar-refractivity contribution in [2.45, 2.75) is 59.3 Å². The Kier molecular flexibility index (Phi) is 6.99. The van der Waals surface area contributed by atoms with Crippen molar-refractivity contribution in [2.75, 3.05) is 36.4 Å². The van der Waals surface area contributed by atoms with Crippen LogP contribution in [0.25, 0.3) is 10.2 Å². The van der Waals surface area contributed by atoms with Crippen molar-refractivity contribution in [2.24, 2.45) is 11.8 Å². The van der Waals surface area contributed by atoms with Crippen molar-refractivity contribution < 1.29 is 18.0 Å². The molecule has 1 N–H and O–H groups in total. The molecule has 3 aromatic rings. The number of fused-ring (bicyclic) bond motifs is 2. The monoisotopic (exact) mass is 536 g/mol.